The molecule has 0 atom stereocenters. The molecule has 5 rings (SSSR count). The van der Waals surface area contributed by atoms with Crippen molar-refractivity contribution in [1.82, 2.24) is 10.3 Å². The third kappa shape index (κ3) is 3.33. The third-order valence-corrected chi connectivity index (χ3v) is 6.71. The molecule has 4 aromatic rings. The number of pyridine rings is 1. The Morgan fingerprint density at radius 1 is 1.12 bits per heavy atom. The molecule has 1 aliphatic carbocycles. The molecule has 2 N–H and O–H groups in total. The number of nitrogens with zero attached hydrogens (tertiary/aromatic N) is 1. The molecule has 0 saturated heterocycles. The van der Waals surface area contributed by atoms with Crippen molar-refractivity contribution >= 4 is 33.0 Å². The van der Waals surface area contributed by atoms with Crippen molar-refractivity contribution in [3.63, 3.8) is 0 Å². The number of benzene rings is 2. The molecular weight excluding hydrogens is 472 g/mol. The van der Waals surface area contributed by atoms with Crippen LogP contribution >= 0.6 is 15.9 Å². The maximum atomic E-state index is 11.3. The van der Waals surface area contributed by atoms with Crippen LogP contribution in [0.3, 0.4) is 0 Å². The molecule has 0 radical (unpaired) electrons. The van der Waals surface area contributed by atoms with Crippen molar-refractivity contribution in [2.45, 2.75) is 24.8 Å². The molecule has 32 heavy (non-hydrogen) atoms. The van der Waals surface area contributed by atoms with Gasteiger partial charge in [0.05, 0.1) is 22.5 Å². The Kier molecular flexibility index (Phi) is 5.13. The second-order valence-electron chi connectivity index (χ2n) is 7.93. The number of furan rings is 1. The first kappa shape index (κ1) is 20.6. The first-order valence-corrected chi connectivity index (χ1v) is 11.1. The average molecular weight is 493 g/mol. The molecule has 0 bridgehead atoms. The number of amides is 1. The number of aromatic nitrogens is 1. The van der Waals surface area contributed by atoms with Crippen molar-refractivity contribution in [1.29, 1.82) is 0 Å². The largest absolute Gasteiger partial charge is 0.480 e. The maximum absolute atomic E-state index is 11.3. The summed E-state index contributed by atoms with van der Waals surface area (Å²) in [6, 6.07) is 17.9. The van der Waals surface area contributed by atoms with E-state index in [-0.39, 0.29) is 0 Å². The number of halogens is 1. The van der Waals surface area contributed by atoms with E-state index in [9.17, 15) is 9.90 Å². The molecular formula is C25H21BrN2O4. The molecule has 6 nitrogen and oxygen atoms in total. The summed E-state index contributed by atoms with van der Waals surface area (Å²) in [5, 5.41) is 12.8. The van der Waals surface area contributed by atoms with E-state index >= 15 is 0 Å². The Balaban J connectivity index is 1.68. The first-order chi connectivity index (χ1) is 15.5. The average Bonchev–Trinajstić information content (AvgIpc) is 3.19. The van der Waals surface area contributed by atoms with Crippen molar-refractivity contribution in [2.24, 2.45) is 0 Å². The number of carbonyl (C=O) groups is 1. The van der Waals surface area contributed by atoms with Gasteiger partial charge in [0.25, 0.3) is 0 Å². The molecule has 2 aromatic heterocycles. The number of hydrogen-bond donors (Lipinski definition) is 2. The van der Waals surface area contributed by atoms with Gasteiger partial charge in [-0.05, 0) is 46.3 Å². The summed E-state index contributed by atoms with van der Waals surface area (Å²) in [5.41, 5.74) is 3.91. The lowest BCUT2D eigenvalue weighted by molar-refractivity contribution is 0.144. The Morgan fingerprint density at radius 2 is 1.84 bits per heavy atom. The standard InChI is InChI=1S/C25H21BrN2O4/c1-31-23-20-19(15-6-3-2-4-7-15)21(32-22(20)18(26)14-27-23)16-8-10-17(11-9-16)25(12-5-13-25)28-24(29)30/h2-4,6-11,14,28H,5,12-13H2,1H3,(H,29,30). The molecule has 1 amide bonds. The van der Waals surface area contributed by atoms with E-state index in [1.807, 2.05) is 54.6 Å². The minimum absolute atomic E-state index is 0.493. The summed E-state index contributed by atoms with van der Waals surface area (Å²) < 4.78 is 12.7. The van der Waals surface area contributed by atoms with Crippen LogP contribution in [0.5, 0.6) is 5.88 Å². The Morgan fingerprint density at radius 3 is 2.44 bits per heavy atom. The van der Waals surface area contributed by atoms with Crippen molar-refractivity contribution in [3.05, 3.63) is 70.8 Å². The van der Waals surface area contributed by atoms with Gasteiger partial charge in [-0.1, -0.05) is 54.6 Å². The normalized spacial score (nSPS) is 14.7. The summed E-state index contributed by atoms with van der Waals surface area (Å²) >= 11 is 3.55. The second kappa shape index (κ2) is 7.98. The molecule has 1 fully saturated rings. The van der Waals surface area contributed by atoms with E-state index in [4.69, 9.17) is 9.15 Å². The van der Waals surface area contributed by atoms with Crippen LogP contribution in [0.25, 0.3) is 33.4 Å². The number of hydrogen-bond acceptors (Lipinski definition) is 4. The molecule has 1 saturated carbocycles. The molecule has 162 valence electrons. The van der Waals surface area contributed by atoms with E-state index in [1.165, 1.54) is 0 Å². The third-order valence-electron chi connectivity index (χ3n) is 6.14. The van der Waals surface area contributed by atoms with Gasteiger partial charge in [-0.3, -0.25) is 0 Å². The molecule has 0 unspecified atom stereocenters. The number of fused-ring (bicyclic) bond motifs is 1. The van der Waals surface area contributed by atoms with Crippen LogP contribution in [-0.2, 0) is 5.54 Å². The van der Waals surface area contributed by atoms with Crippen LogP contribution < -0.4 is 10.1 Å². The predicted molar refractivity (Wildman–Crippen MR) is 126 cm³/mol. The predicted octanol–water partition coefficient (Wildman–Crippen LogP) is 6.58. The van der Waals surface area contributed by atoms with Gasteiger partial charge in [0.2, 0.25) is 5.88 Å². The summed E-state index contributed by atoms with van der Waals surface area (Å²) in [6.45, 7) is 0. The van der Waals surface area contributed by atoms with Crippen molar-refractivity contribution in [3.8, 4) is 28.3 Å². The van der Waals surface area contributed by atoms with Crippen LogP contribution in [-0.4, -0.2) is 23.3 Å². The van der Waals surface area contributed by atoms with Crippen LogP contribution in [0.1, 0.15) is 24.8 Å². The summed E-state index contributed by atoms with van der Waals surface area (Å²) in [5.74, 6) is 1.20. The first-order valence-electron chi connectivity index (χ1n) is 10.3. The van der Waals surface area contributed by atoms with Crippen LogP contribution in [0.15, 0.2) is 69.7 Å². The highest BCUT2D eigenvalue weighted by Gasteiger charge is 2.40. The summed E-state index contributed by atoms with van der Waals surface area (Å²) in [4.78, 5) is 15.7. The Bertz CT molecular complexity index is 1300. The minimum Gasteiger partial charge on any atom is -0.480 e. The number of nitrogens with one attached hydrogen (secondary N) is 1. The van der Waals surface area contributed by atoms with Gasteiger partial charge in [0.15, 0.2) is 5.58 Å². The smallest absolute Gasteiger partial charge is 0.405 e. The van der Waals surface area contributed by atoms with Crippen LogP contribution in [0, 0.1) is 0 Å². The van der Waals surface area contributed by atoms with E-state index in [0.29, 0.717) is 17.2 Å². The van der Waals surface area contributed by atoms with Crippen LogP contribution in [0.2, 0.25) is 0 Å². The summed E-state index contributed by atoms with van der Waals surface area (Å²) in [6.07, 6.45) is 3.28. The van der Waals surface area contributed by atoms with E-state index in [1.54, 1.807) is 13.3 Å². The fourth-order valence-electron chi connectivity index (χ4n) is 4.44. The van der Waals surface area contributed by atoms with E-state index in [0.717, 1.165) is 51.4 Å². The molecule has 1 aliphatic rings. The van der Waals surface area contributed by atoms with Crippen molar-refractivity contribution in [2.75, 3.05) is 7.11 Å². The number of methoxy groups -OCH3 is 1. The molecule has 7 heteroatoms. The van der Waals surface area contributed by atoms with E-state index in [2.05, 4.69) is 26.2 Å². The summed E-state index contributed by atoms with van der Waals surface area (Å²) in [7, 11) is 1.60. The number of rotatable bonds is 5. The molecule has 0 spiro atoms. The molecule has 0 aliphatic heterocycles. The van der Waals surface area contributed by atoms with Gasteiger partial charge in [0, 0.05) is 17.3 Å². The minimum atomic E-state index is -0.998. The zero-order chi connectivity index (χ0) is 22.3. The monoisotopic (exact) mass is 492 g/mol. The topological polar surface area (TPSA) is 84.6 Å². The quantitative estimate of drug-likeness (QED) is 0.328. The highest BCUT2D eigenvalue weighted by atomic mass is 79.9. The van der Waals surface area contributed by atoms with Gasteiger partial charge in [-0.15, -0.1) is 0 Å². The van der Waals surface area contributed by atoms with Gasteiger partial charge in [-0.2, -0.15) is 0 Å². The van der Waals surface area contributed by atoms with Gasteiger partial charge in [-0.25, -0.2) is 9.78 Å². The Hall–Kier alpha value is -3.32. The number of ether oxygens (including phenoxy) is 1. The Labute approximate surface area is 193 Å². The SMILES string of the molecule is COc1ncc(Br)c2oc(-c3ccc(C4(NC(=O)O)CCC4)cc3)c(-c3ccccc3)c12. The maximum Gasteiger partial charge on any atom is 0.405 e. The second-order valence-corrected chi connectivity index (χ2v) is 8.79. The fourth-order valence-corrected chi connectivity index (χ4v) is 4.82. The van der Waals surface area contributed by atoms with E-state index < -0.39 is 11.6 Å². The lowest BCUT2D eigenvalue weighted by Crippen LogP contribution is -2.50. The molecule has 2 aromatic carbocycles. The number of carboxylic acid groups (broad SMARTS) is 1. The lowest BCUT2D eigenvalue weighted by Gasteiger charge is -2.42. The van der Waals surface area contributed by atoms with Crippen LogP contribution in [0.4, 0.5) is 4.79 Å². The van der Waals surface area contributed by atoms with Crippen molar-refractivity contribution < 1.29 is 19.1 Å². The zero-order valence-corrected chi connectivity index (χ0v) is 19.0. The molecule has 2 heterocycles. The van der Waals surface area contributed by atoms with Gasteiger partial charge < -0.3 is 19.6 Å². The highest BCUT2D eigenvalue weighted by Crippen LogP contribution is 2.47. The van der Waals surface area contributed by atoms with Gasteiger partial charge >= 0.3 is 6.09 Å². The lowest BCUT2D eigenvalue weighted by atomic mass is 9.72. The highest BCUT2D eigenvalue weighted by molar-refractivity contribution is 9.10. The fraction of sp³-hybridized carbons (Fsp3) is 0.200. The van der Waals surface area contributed by atoms with Gasteiger partial charge in [0.1, 0.15) is 5.76 Å². The zero-order valence-electron chi connectivity index (χ0n) is 17.4.